The summed E-state index contributed by atoms with van der Waals surface area (Å²) in [5, 5.41) is 21.3. The molecule has 1 amide bonds. The standard InChI is InChI=1S/C21H24FN3O7/c1-2-30-17-9-15(16(22)10-18(17)31-8-7-26)19(20(27)28)25-14-5-3-13(4-6-14)11-24-21(29)32-12-23/h3-6,9-11,19,25-26H,2,7-8,12,23H2,1H3,(H,27,28)/b24-11+. The van der Waals surface area contributed by atoms with Gasteiger partial charge in [0.25, 0.3) is 0 Å². The van der Waals surface area contributed by atoms with Crippen LogP contribution in [0.4, 0.5) is 14.9 Å². The number of nitrogens with two attached hydrogens (primary N) is 1. The summed E-state index contributed by atoms with van der Waals surface area (Å²) >= 11 is 0. The van der Waals surface area contributed by atoms with Crippen molar-refractivity contribution in [3.8, 4) is 11.5 Å². The Hall–Kier alpha value is -3.70. The smallest absolute Gasteiger partial charge is 0.434 e. The number of aliphatic hydroxyl groups is 1. The molecular weight excluding hydrogens is 425 g/mol. The van der Waals surface area contributed by atoms with Gasteiger partial charge in [0, 0.05) is 23.5 Å². The number of aliphatic carboxylic acids is 1. The van der Waals surface area contributed by atoms with E-state index in [0.717, 1.165) is 6.07 Å². The topological polar surface area (TPSA) is 153 Å². The van der Waals surface area contributed by atoms with E-state index in [2.05, 4.69) is 15.0 Å². The molecule has 10 nitrogen and oxygen atoms in total. The summed E-state index contributed by atoms with van der Waals surface area (Å²) in [5.74, 6) is -1.92. The van der Waals surface area contributed by atoms with Gasteiger partial charge in [0.15, 0.2) is 17.5 Å². The lowest BCUT2D eigenvalue weighted by Crippen LogP contribution is -2.22. The molecule has 0 bridgehead atoms. The largest absolute Gasteiger partial charge is 0.490 e. The Morgan fingerprint density at radius 2 is 1.91 bits per heavy atom. The summed E-state index contributed by atoms with van der Waals surface area (Å²) in [7, 11) is 0. The molecule has 0 heterocycles. The number of aliphatic hydroxyl groups excluding tert-OH is 1. The van der Waals surface area contributed by atoms with Gasteiger partial charge in [-0.05, 0) is 30.7 Å². The van der Waals surface area contributed by atoms with E-state index in [1.54, 1.807) is 31.2 Å². The van der Waals surface area contributed by atoms with Gasteiger partial charge >= 0.3 is 12.1 Å². The molecule has 11 heteroatoms. The summed E-state index contributed by atoms with van der Waals surface area (Å²) < 4.78 is 29.9. The van der Waals surface area contributed by atoms with E-state index in [0.29, 0.717) is 11.3 Å². The van der Waals surface area contributed by atoms with Crippen LogP contribution < -0.4 is 20.5 Å². The third kappa shape index (κ3) is 6.93. The van der Waals surface area contributed by atoms with Crippen LogP contribution in [0, 0.1) is 5.82 Å². The van der Waals surface area contributed by atoms with Crippen LogP contribution in [0.3, 0.4) is 0 Å². The highest BCUT2D eigenvalue weighted by Gasteiger charge is 2.26. The molecule has 172 valence electrons. The minimum atomic E-state index is -1.43. The van der Waals surface area contributed by atoms with Crippen molar-refractivity contribution in [1.29, 1.82) is 0 Å². The van der Waals surface area contributed by atoms with E-state index < -0.39 is 23.9 Å². The van der Waals surface area contributed by atoms with Gasteiger partial charge in [-0.2, -0.15) is 4.99 Å². The number of halogens is 1. The monoisotopic (exact) mass is 449 g/mol. The molecule has 1 unspecified atom stereocenters. The molecule has 0 aliphatic carbocycles. The second kappa shape index (κ2) is 12.2. The molecule has 32 heavy (non-hydrogen) atoms. The third-order valence-electron chi connectivity index (χ3n) is 4.02. The summed E-state index contributed by atoms with van der Waals surface area (Å²) in [6.45, 7) is 1.33. The number of benzene rings is 2. The molecule has 0 radical (unpaired) electrons. The predicted octanol–water partition coefficient (Wildman–Crippen LogP) is 2.31. The zero-order valence-corrected chi connectivity index (χ0v) is 17.3. The van der Waals surface area contributed by atoms with Crippen molar-refractivity contribution in [3.63, 3.8) is 0 Å². The Kier molecular flexibility index (Phi) is 9.39. The van der Waals surface area contributed by atoms with Crippen molar-refractivity contribution < 1.29 is 38.4 Å². The van der Waals surface area contributed by atoms with Gasteiger partial charge in [0.1, 0.15) is 19.2 Å². The number of anilines is 1. The van der Waals surface area contributed by atoms with Gasteiger partial charge in [-0.3, -0.25) is 5.73 Å². The molecule has 0 fully saturated rings. The first kappa shape index (κ1) is 24.6. The Morgan fingerprint density at radius 1 is 1.22 bits per heavy atom. The van der Waals surface area contributed by atoms with E-state index in [1.807, 2.05) is 0 Å². The number of rotatable bonds is 11. The number of nitrogens with zero attached hydrogens (tertiary/aromatic N) is 1. The van der Waals surface area contributed by atoms with Crippen molar-refractivity contribution in [2.45, 2.75) is 13.0 Å². The maximum absolute atomic E-state index is 14.7. The maximum atomic E-state index is 14.7. The van der Waals surface area contributed by atoms with Crippen molar-refractivity contribution in [1.82, 2.24) is 0 Å². The number of hydrogen-bond acceptors (Lipinski definition) is 8. The van der Waals surface area contributed by atoms with E-state index in [1.165, 1.54) is 12.3 Å². The summed E-state index contributed by atoms with van der Waals surface area (Å²) in [4.78, 5) is 26.6. The molecule has 5 N–H and O–H groups in total. The zero-order valence-electron chi connectivity index (χ0n) is 17.3. The van der Waals surface area contributed by atoms with E-state index in [-0.39, 0.29) is 43.6 Å². The maximum Gasteiger partial charge on any atom is 0.434 e. The number of aliphatic imine (C=N–C) groups is 1. The number of amides is 1. The molecule has 1 atom stereocenters. The zero-order chi connectivity index (χ0) is 23.5. The van der Waals surface area contributed by atoms with Crippen LogP contribution in [-0.2, 0) is 9.53 Å². The first-order valence-corrected chi connectivity index (χ1v) is 9.59. The van der Waals surface area contributed by atoms with Crippen LogP contribution in [0.25, 0.3) is 0 Å². The van der Waals surface area contributed by atoms with Gasteiger partial charge in [-0.15, -0.1) is 0 Å². The third-order valence-corrected chi connectivity index (χ3v) is 4.02. The molecule has 0 aliphatic heterocycles. The Morgan fingerprint density at radius 3 is 2.50 bits per heavy atom. The van der Waals surface area contributed by atoms with Crippen LogP contribution in [-0.4, -0.2) is 55.0 Å². The van der Waals surface area contributed by atoms with Gasteiger partial charge < -0.3 is 29.7 Å². The van der Waals surface area contributed by atoms with Gasteiger partial charge in [0.2, 0.25) is 0 Å². The fourth-order valence-electron chi connectivity index (χ4n) is 2.65. The molecule has 0 spiro atoms. The van der Waals surface area contributed by atoms with Crippen molar-refractivity contribution in [3.05, 3.63) is 53.3 Å². The lowest BCUT2D eigenvalue weighted by atomic mass is 10.0. The highest BCUT2D eigenvalue weighted by atomic mass is 19.1. The van der Waals surface area contributed by atoms with Gasteiger partial charge in [-0.1, -0.05) is 12.1 Å². The van der Waals surface area contributed by atoms with E-state index in [4.69, 9.17) is 20.3 Å². The Labute approximate surface area is 183 Å². The van der Waals surface area contributed by atoms with E-state index >= 15 is 0 Å². The van der Waals surface area contributed by atoms with Crippen LogP contribution in [0.5, 0.6) is 11.5 Å². The van der Waals surface area contributed by atoms with Crippen LogP contribution >= 0.6 is 0 Å². The number of hydrogen-bond donors (Lipinski definition) is 4. The van der Waals surface area contributed by atoms with Crippen molar-refractivity contribution in [2.75, 3.05) is 31.9 Å². The number of nitrogens with one attached hydrogen (secondary N) is 1. The second-order valence-electron chi connectivity index (χ2n) is 6.20. The highest BCUT2D eigenvalue weighted by Crippen LogP contribution is 2.34. The normalized spacial score (nSPS) is 11.8. The molecule has 2 rings (SSSR count). The van der Waals surface area contributed by atoms with Crippen molar-refractivity contribution >= 4 is 24.0 Å². The SMILES string of the molecule is CCOc1cc(C(Nc2ccc(/C=N/C(=O)OCN)cc2)C(=O)O)c(F)cc1OCCO. The number of ether oxygens (including phenoxy) is 3. The van der Waals surface area contributed by atoms with Crippen LogP contribution in [0.1, 0.15) is 24.1 Å². The minimum Gasteiger partial charge on any atom is -0.490 e. The Bertz CT molecular complexity index is 951. The van der Waals surface area contributed by atoms with Crippen LogP contribution in [0.2, 0.25) is 0 Å². The quantitative estimate of drug-likeness (QED) is 0.299. The minimum absolute atomic E-state index is 0.0584. The fraction of sp³-hybridized carbons (Fsp3) is 0.286. The van der Waals surface area contributed by atoms with E-state index in [9.17, 15) is 19.1 Å². The average Bonchev–Trinajstić information content (AvgIpc) is 2.77. The number of carbonyl (C=O) groups is 2. The molecule has 0 aliphatic rings. The fourth-order valence-corrected chi connectivity index (χ4v) is 2.65. The molecule has 0 saturated heterocycles. The highest BCUT2D eigenvalue weighted by molar-refractivity contribution is 5.89. The summed E-state index contributed by atoms with van der Waals surface area (Å²) in [6.07, 6.45) is 0.419. The number of carbonyl (C=O) groups excluding carboxylic acids is 1. The summed E-state index contributed by atoms with van der Waals surface area (Å²) in [6, 6.07) is 7.09. The molecule has 2 aromatic rings. The van der Waals surface area contributed by atoms with Gasteiger partial charge in [-0.25, -0.2) is 14.0 Å². The first-order chi connectivity index (χ1) is 15.4. The molecule has 0 saturated carbocycles. The van der Waals surface area contributed by atoms with Gasteiger partial charge in [0.05, 0.1) is 13.2 Å². The average molecular weight is 449 g/mol. The van der Waals surface area contributed by atoms with Crippen LogP contribution in [0.15, 0.2) is 41.4 Å². The summed E-state index contributed by atoms with van der Waals surface area (Å²) in [5.41, 5.74) is 5.85. The number of carboxylic acid groups (broad SMARTS) is 1. The van der Waals surface area contributed by atoms with Crippen molar-refractivity contribution in [2.24, 2.45) is 10.7 Å². The molecule has 0 aromatic heterocycles. The number of carboxylic acids is 1. The predicted molar refractivity (Wildman–Crippen MR) is 114 cm³/mol. The first-order valence-electron chi connectivity index (χ1n) is 9.59. The molecule has 2 aromatic carbocycles. The lowest BCUT2D eigenvalue weighted by molar-refractivity contribution is -0.138. The second-order valence-corrected chi connectivity index (χ2v) is 6.20. The molecular formula is C21H24FN3O7. The Balaban J connectivity index is 2.26. The lowest BCUT2D eigenvalue weighted by Gasteiger charge is -2.19.